The van der Waals surface area contributed by atoms with E-state index < -0.39 is 0 Å². The number of rotatable bonds is 5. The van der Waals surface area contributed by atoms with E-state index in [1.807, 2.05) is 4.90 Å². The highest BCUT2D eigenvalue weighted by atomic mass is 16.6. The van der Waals surface area contributed by atoms with Crippen LogP contribution in [0.15, 0.2) is 0 Å². The zero-order valence-corrected chi connectivity index (χ0v) is 17.8. The van der Waals surface area contributed by atoms with Gasteiger partial charge in [-0.15, -0.1) is 0 Å². The molecule has 0 aromatic heterocycles. The molecular formula is C21H38N4O3. The predicted octanol–water partition coefficient (Wildman–Crippen LogP) is 1.48. The van der Waals surface area contributed by atoms with Crippen LogP contribution in [0.4, 0.5) is 4.79 Å². The third kappa shape index (κ3) is 4.64. The van der Waals surface area contributed by atoms with Crippen LogP contribution < -0.4 is 0 Å². The predicted molar refractivity (Wildman–Crippen MR) is 109 cm³/mol. The van der Waals surface area contributed by atoms with Gasteiger partial charge in [-0.2, -0.15) is 0 Å². The zero-order chi connectivity index (χ0) is 19.6. The molecule has 4 heterocycles. The third-order valence-electron chi connectivity index (χ3n) is 7.23. The minimum Gasteiger partial charge on any atom is -0.441 e. The Morgan fingerprint density at radius 3 is 2.46 bits per heavy atom. The average molecular weight is 395 g/mol. The Kier molecular flexibility index (Phi) is 6.45. The molecule has 0 aliphatic carbocycles. The minimum absolute atomic E-state index is 0.102. The molecule has 0 saturated carbocycles. The first-order chi connectivity index (χ1) is 13.5. The summed E-state index contributed by atoms with van der Waals surface area (Å²) in [4.78, 5) is 22.0. The highest BCUT2D eigenvalue weighted by Crippen LogP contribution is 2.34. The van der Waals surface area contributed by atoms with Gasteiger partial charge < -0.3 is 14.4 Å². The summed E-state index contributed by atoms with van der Waals surface area (Å²) < 4.78 is 11.6. The molecule has 7 nitrogen and oxygen atoms in total. The second-order valence-electron chi connectivity index (χ2n) is 9.35. The standard InChI is InChI=1S/C21H38N4O3/c1-18(2)23-12-9-22(10-13-23)11-14-25-17-21(28-20(25)26)5-7-24(8-6-21)19-4-3-15-27-16-19/h18-19H,3-17H2,1-2H3/t19-/m0/s1. The molecule has 0 radical (unpaired) electrons. The number of carbonyl (C=O) groups excluding carboxylic acids is 1. The molecule has 1 spiro atoms. The van der Waals surface area contributed by atoms with Crippen molar-refractivity contribution in [2.45, 2.75) is 57.2 Å². The number of ether oxygens (including phenoxy) is 2. The molecular weight excluding hydrogens is 356 g/mol. The molecule has 0 aromatic carbocycles. The topological polar surface area (TPSA) is 48.5 Å². The van der Waals surface area contributed by atoms with Crippen molar-refractivity contribution in [2.24, 2.45) is 0 Å². The van der Waals surface area contributed by atoms with Gasteiger partial charge in [0.25, 0.3) is 0 Å². The fraction of sp³-hybridized carbons (Fsp3) is 0.952. The summed E-state index contributed by atoms with van der Waals surface area (Å²) >= 11 is 0. The third-order valence-corrected chi connectivity index (χ3v) is 7.23. The lowest BCUT2D eigenvalue weighted by molar-refractivity contribution is -0.0389. The van der Waals surface area contributed by atoms with Gasteiger partial charge in [-0.1, -0.05) is 0 Å². The summed E-state index contributed by atoms with van der Waals surface area (Å²) in [5.74, 6) is 0. The molecule has 4 fully saturated rings. The molecule has 4 aliphatic heterocycles. The molecule has 4 rings (SSSR count). The number of piperazine rings is 1. The summed E-state index contributed by atoms with van der Waals surface area (Å²) in [6.45, 7) is 15.3. The second-order valence-corrected chi connectivity index (χ2v) is 9.35. The average Bonchev–Trinajstić information content (AvgIpc) is 3.02. The smallest absolute Gasteiger partial charge is 0.410 e. The highest BCUT2D eigenvalue weighted by molar-refractivity contribution is 5.70. The van der Waals surface area contributed by atoms with Crippen LogP contribution in [-0.4, -0.2) is 115 Å². The second kappa shape index (κ2) is 8.86. The largest absolute Gasteiger partial charge is 0.441 e. The van der Waals surface area contributed by atoms with Crippen molar-refractivity contribution in [3.63, 3.8) is 0 Å². The van der Waals surface area contributed by atoms with Crippen molar-refractivity contribution >= 4 is 6.09 Å². The Balaban J connectivity index is 1.21. The van der Waals surface area contributed by atoms with E-state index in [0.29, 0.717) is 12.1 Å². The maximum absolute atomic E-state index is 12.5. The Labute approximate surface area is 169 Å². The van der Waals surface area contributed by atoms with Gasteiger partial charge in [0.05, 0.1) is 13.2 Å². The van der Waals surface area contributed by atoms with Crippen LogP contribution in [0, 0.1) is 0 Å². The minimum atomic E-state index is -0.251. The van der Waals surface area contributed by atoms with E-state index in [2.05, 4.69) is 28.5 Å². The molecule has 0 aromatic rings. The summed E-state index contributed by atoms with van der Waals surface area (Å²) in [5.41, 5.74) is -0.251. The molecule has 0 bridgehead atoms. The van der Waals surface area contributed by atoms with Crippen LogP contribution in [-0.2, 0) is 9.47 Å². The molecule has 7 heteroatoms. The Morgan fingerprint density at radius 2 is 1.82 bits per heavy atom. The van der Waals surface area contributed by atoms with Gasteiger partial charge in [-0.25, -0.2) is 4.79 Å². The van der Waals surface area contributed by atoms with Crippen molar-refractivity contribution in [3.8, 4) is 0 Å². The van der Waals surface area contributed by atoms with E-state index in [4.69, 9.17) is 9.47 Å². The molecule has 28 heavy (non-hydrogen) atoms. The molecule has 0 unspecified atom stereocenters. The fourth-order valence-corrected chi connectivity index (χ4v) is 5.20. The Morgan fingerprint density at radius 1 is 1.07 bits per heavy atom. The van der Waals surface area contributed by atoms with Crippen LogP contribution in [0.2, 0.25) is 0 Å². The van der Waals surface area contributed by atoms with Crippen molar-refractivity contribution < 1.29 is 14.3 Å². The van der Waals surface area contributed by atoms with Crippen molar-refractivity contribution in [1.29, 1.82) is 0 Å². The Hall–Kier alpha value is -0.890. The van der Waals surface area contributed by atoms with Gasteiger partial charge in [-0.3, -0.25) is 14.7 Å². The first-order valence-electron chi connectivity index (χ1n) is 11.3. The Bertz CT molecular complexity index is 522. The molecule has 0 N–H and O–H groups in total. The van der Waals surface area contributed by atoms with E-state index in [1.165, 1.54) is 12.8 Å². The maximum atomic E-state index is 12.5. The first-order valence-corrected chi connectivity index (χ1v) is 11.3. The van der Waals surface area contributed by atoms with Crippen LogP contribution in [0.3, 0.4) is 0 Å². The van der Waals surface area contributed by atoms with E-state index in [0.717, 1.165) is 85.0 Å². The SMILES string of the molecule is CC(C)N1CCN(CCN2CC3(CCN([C@H]4CCCOC4)CC3)OC2=O)CC1. The highest BCUT2D eigenvalue weighted by Gasteiger charge is 2.47. The fourth-order valence-electron chi connectivity index (χ4n) is 5.20. The maximum Gasteiger partial charge on any atom is 0.410 e. The number of likely N-dealkylation sites (tertiary alicyclic amines) is 1. The number of nitrogens with zero attached hydrogens (tertiary/aromatic N) is 4. The molecule has 1 atom stereocenters. The number of amides is 1. The van der Waals surface area contributed by atoms with Gasteiger partial charge in [0, 0.05) is 83.9 Å². The molecule has 4 saturated heterocycles. The van der Waals surface area contributed by atoms with Crippen molar-refractivity contribution in [1.82, 2.24) is 19.6 Å². The van der Waals surface area contributed by atoms with E-state index in [-0.39, 0.29) is 11.7 Å². The summed E-state index contributed by atoms with van der Waals surface area (Å²) in [6, 6.07) is 1.19. The summed E-state index contributed by atoms with van der Waals surface area (Å²) in [5, 5.41) is 0. The normalized spacial score (nSPS) is 30.3. The van der Waals surface area contributed by atoms with Gasteiger partial charge in [-0.05, 0) is 26.7 Å². The number of hydrogen-bond acceptors (Lipinski definition) is 6. The van der Waals surface area contributed by atoms with Gasteiger partial charge >= 0.3 is 6.09 Å². The number of carbonyl (C=O) groups is 1. The summed E-state index contributed by atoms with van der Waals surface area (Å²) in [7, 11) is 0. The molecule has 160 valence electrons. The summed E-state index contributed by atoms with van der Waals surface area (Å²) in [6.07, 6.45) is 4.22. The first kappa shape index (κ1) is 20.4. The van der Waals surface area contributed by atoms with E-state index >= 15 is 0 Å². The molecule has 4 aliphatic rings. The van der Waals surface area contributed by atoms with Gasteiger partial charge in [0.15, 0.2) is 0 Å². The van der Waals surface area contributed by atoms with Gasteiger partial charge in [0.2, 0.25) is 0 Å². The van der Waals surface area contributed by atoms with Crippen LogP contribution in [0.1, 0.15) is 39.5 Å². The van der Waals surface area contributed by atoms with Crippen LogP contribution in [0.25, 0.3) is 0 Å². The number of piperidine rings is 1. The van der Waals surface area contributed by atoms with E-state index in [9.17, 15) is 4.79 Å². The van der Waals surface area contributed by atoms with Crippen molar-refractivity contribution in [2.75, 3.05) is 72.1 Å². The van der Waals surface area contributed by atoms with Crippen LogP contribution >= 0.6 is 0 Å². The lowest BCUT2D eigenvalue weighted by Crippen LogP contribution is -2.52. The van der Waals surface area contributed by atoms with Crippen molar-refractivity contribution in [3.05, 3.63) is 0 Å². The zero-order valence-electron chi connectivity index (χ0n) is 17.8. The quantitative estimate of drug-likeness (QED) is 0.704. The van der Waals surface area contributed by atoms with Crippen LogP contribution in [0.5, 0.6) is 0 Å². The number of hydrogen-bond donors (Lipinski definition) is 0. The monoisotopic (exact) mass is 394 g/mol. The molecule has 1 amide bonds. The lowest BCUT2D eigenvalue weighted by atomic mass is 9.90. The van der Waals surface area contributed by atoms with Gasteiger partial charge in [0.1, 0.15) is 5.60 Å². The lowest BCUT2D eigenvalue weighted by Gasteiger charge is -2.42. The van der Waals surface area contributed by atoms with E-state index in [1.54, 1.807) is 0 Å².